The normalized spacial score (nSPS) is 16.2. The Morgan fingerprint density at radius 2 is 1.49 bits per heavy atom. The average Bonchev–Trinajstić information content (AvgIpc) is 3.83. The molecule has 2 aliphatic rings. The van der Waals surface area contributed by atoms with E-state index in [0.717, 1.165) is 54.5 Å². The Hall–Kier alpha value is -3.75. The third-order valence-corrected chi connectivity index (χ3v) is 7.40. The first-order chi connectivity index (χ1) is 19.3. The van der Waals surface area contributed by atoms with E-state index in [1.165, 1.54) is 16.7 Å². The van der Waals surface area contributed by atoms with Crippen molar-refractivity contribution in [1.82, 2.24) is 39.9 Å². The van der Waals surface area contributed by atoms with Crippen molar-refractivity contribution in [2.75, 3.05) is 4.90 Å². The molecule has 6 rings (SSSR count). The Balaban J connectivity index is 1.40. The van der Waals surface area contributed by atoms with Crippen molar-refractivity contribution in [1.29, 1.82) is 0 Å². The van der Waals surface area contributed by atoms with Gasteiger partial charge in [0, 0.05) is 44.2 Å². The number of nitrogens with zero attached hydrogens (tertiary/aromatic N) is 9. The largest absolute Gasteiger partial charge is 0.416 e. The molecule has 0 unspecified atom stereocenters. The van der Waals surface area contributed by atoms with Crippen LogP contribution in [-0.4, -0.2) is 52.0 Å². The Morgan fingerprint density at radius 3 is 2.02 bits per heavy atom. The van der Waals surface area contributed by atoms with Gasteiger partial charge in [0.25, 0.3) is 5.95 Å². The van der Waals surface area contributed by atoms with Crippen LogP contribution in [0.1, 0.15) is 53.6 Å². The number of benzene rings is 1. The summed E-state index contributed by atoms with van der Waals surface area (Å²) in [6.07, 6.45) is -3.77. The van der Waals surface area contributed by atoms with E-state index in [4.69, 9.17) is 4.98 Å². The van der Waals surface area contributed by atoms with Crippen molar-refractivity contribution >= 4 is 17.0 Å². The molecule has 4 aromatic rings. The van der Waals surface area contributed by atoms with Crippen LogP contribution >= 0.6 is 0 Å². The van der Waals surface area contributed by atoms with E-state index < -0.39 is 23.5 Å². The summed E-state index contributed by atoms with van der Waals surface area (Å²) in [7, 11) is 3.32. The molecular formula is C26H27F6N9. The summed E-state index contributed by atoms with van der Waals surface area (Å²) in [5.41, 5.74) is -0.724. The highest BCUT2D eigenvalue weighted by molar-refractivity contribution is 5.75. The zero-order valence-corrected chi connectivity index (χ0v) is 22.3. The highest BCUT2D eigenvalue weighted by atomic mass is 19.4. The quantitative estimate of drug-likeness (QED) is 0.262. The molecular weight excluding hydrogens is 552 g/mol. The van der Waals surface area contributed by atoms with Crippen molar-refractivity contribution < 1.29 is 26.3 Å². The second-order valence-electron chi connectivity index (χ2n) is 10.8. The molecule has 9 nitrogen and oxygen atoms in total. The molecule has 0 amide bonds. The minimum Gasteiger partial charge on any atom is -0.329 e. The van der Waals surface area contributed by atoms with Crippen molar-refractivity contribution in [3.8, 4) is 0 Å². The maximum absolute atomic E-state index is 13.6. The number of pyridine rings is 1. The fourth-order valence-corrected chi connectivity index (χ4v) is 5.11. The van der Waals surface area contributed by atoms with Crippen molar-refractivity contribution in [3.63, 3.8) is 0 Å². The molecule has 0 aliphatic heterocycles. The van der Waals surface area contributed by atoms with Crippen LogP contribution in [0.25, 0.3) is 11.0 Å². The van der Waals surface area contributed by atoms with E-state index in [0.29, 0.717) is 24.3 Å². The van der Waals surface area contributed by atoms with Gasteiger partial charge in [-0.2, -0.15) is 36.2 Å². The lowest BCUT2D eigenvalue weighted by atomic mass is 10.0. The van der Waals surface area contributed by atoms with E-state index in [-0.39, 0.29) is 30.7 Å². The predicted molar refractivity (Wildman–Crippen MR) is 135 cm³/mol. The number of fused-ring (bicyclic) bond motifs is 1. The molecule has 0 spiro atoms. The van der Waals surface area contributed by atoms with Crippen LogP contribution in [-0.2, 0) is 46.1 Å². The molecule has 2 saturated carbocycles. The van der Waals surface area contributed by atoms with Gasteiger partial charge in [0.1, 0.15) is 0 Å². The number of aromatic nitrogens is 7. The number of anilines is 1. The zero-order valence-electron chi connectivity index (χ0n) is 22.3. The average molecular weight is 580 g/mol. The summed E-state index contributed by atoms with van der Waals surface area (Å²) in [6, 6.07) is 4.47. The van der Waals surface area contributed by atoms with Gasteiger partial charge in [0.15, 0.2) is 5.65 Å². The minimum absolute atomic E-state index is 0.0666. The van der Waals surface area contributed by atoms with Gasteiger partial charge >= 0.3 is 12.4 Å². The van der Waals surface area contributed by atoms with Crippen molar-refractivity contribution in [2.24, 2.45) is 14.1 Å². The first-order valence-electron chi connectivity index (χ1n) is 13.2. The number of hydrogen-bond acceptors (Lipinski definition) is 7. The Kier molecular flexibility index (Phi) is 6.66. The zero-order chi connectivity index (χ0) is 29.1. The van der Waals surface area contributed by atoms with Gasteiger partial charge in [-0.3, -0.25) is 9.58 Å². The molecule has 218 valence electrons. The lowest BCUT2D eigenvalue weighted by molar-refractivity contribution is -0.143. The molecule has 41 heavy (non-hydrogen) atoms. The van der Waals surface area contributed by atoms with E-state index in [9.17, 15) is 26.3 Å². The van der Waals surface area contributed by atoms with Crippen LogP contribution < -0.4 is 4.90 Å². The minimum atomic E-state index is -4.96. The number of alkyl halides is 6. The summed E-state index contributed by atoms with van der Waals surface area (Å²) < 4.78 is 83.1. The standard InChI is InChI=1S/C26H27F6N9/c1-38-23-16(11-33-38)9-17(22(34-23)14-41(20-3-4-20)21-5-6-21)13-40(24-35-37-39(2)36-24)12-15-7-18(25(27,28)29)10-19(8-15)26(30,31)32/h7-11,20-21H,3-6,12-14H2,1-2H3. The SMILES string of the molecule is Cn1nnc(N(Cc2cc(C(F)(F)F)cc(C(F)(F)F)c2)Cc2cc3cnn(C)c3nc2CN(C2CC2)C2CC2)n1. The lowest BCUT2D eigenvalue weighted by Gasteiger charge is -2.26. The fourth-order valence-electron chi connectivity index (χ4n) is 5.11. The van der Waals surface area contributed by atoms with Crippen molar-refractivity contribution in [2.45, 2.75) is 69.8 Å². The second-order valence-corrected chi connectivity index (χ2v) is 10.8. The maximum Gasteiger partial charge on any atom is 0.416 e. The summed E-state index contributed by atoms with van der Waals surface area (Å²) in [4.78, 5) is 10.1. The molecule has 0 saturated heterocycles. The number of tetrazole rings is 1. The second kappa shape index (κ2) is 9.96. The Bertz CT molecular complexity index is 1520. The Labute approximate surface area is 230 Å². The van der Waals surface area contributed by atoms with Crippen LogP contribution in [0.3, 0.4) is 0 Å². The summed E-state index contributed by atoms with van der Waals surface area (Å²) in [5, 5.41) is 17.1. The third-order valence-electron chi connectivity index (χ3n) is 7.40. The monoisotopic (exact) mass is 579 g/mol. The van der Waals surface area contributed by atoms with Gasteiger partial charge in [-0.1, -0.05) is 5.10 Å². The van der Waals surface area contributed by atoms with Crippen LogP contribution in [0.2, 0.25) is 0 Å². The predicted octanol–water partition coefficient (Wildman–Crippen LogP) is 4.86. The molecule has 3 heterocycles. The van der Waals surface area contributed by atoms with Gasteiger partial charge in [0.05, 0.1) is 30.1 Å². The van der Waals surface area contributed by atoms with Crippen LogP contribution in [0.4, 0.5) is 32.3 Å². The number of rotatable bonds is 9. The maximum atomic E-state index is 13.6. The van der Waals surface area contributed by atoms with E-state index >= 15 is 0 Å². The Morgan fingerprint density at radius 1 is 0.854 bits per heavy atom. The molecule has 15 heteroatoms. The first-order valence-corrected chi connectivity index (χ1v) is 13.2. The highest BCUT2D eigenvalue weighted by Crippen LogP contribution is 2.39. The molecule has 0 radical (unpaired) electrons. The fraction of sp³-hybridized carbons (Fsp3) is 0.500. The van der Waals surface area contributed by atoms with Crippen molar-refractivity contribution in [3.05, 3.63) is 58.4 Å². The lowest BCUT2D eigenvalue weighted by Crippen LogP contribution is -2.30. The van der Waals surface area contributed by atoms with Gasteiger partial charge in [-0.05, 0) is 66.3 Å². The van der Waals surface area contributed by atoms with Gasteiger partial charge in [-0.25, -0.2) is 4.98 Å². The van der Waals surface area contributed by atoms with Crippen LogP contribution in [0.5, 0.6) is 0 Å². The van der Waals surface area contributed by atoms with Gasteiger partial charge in [-0.15, -0.1) is 5.10 Å². The summed E-state index contributed by atoms with van der Waals surface area (Å²) >= 11 is 0. The van der Waals surface area contributed by atoms with Crippen LogP contribution in [0.15, 0.2) is 30.5 Å². The smallest absolute Gasteiger partial charge is 0.329 e. The van der Waals surface area contributed by atoms with E-state index in [1.807, 2.05) is 6.07 Å². The van der Waals surface area contributed by atoms with Gasteiger partial charge in [0.2, 0.25) is 0 Å². The van der Waals surface area contributed by atoms with Gasteiger partial charge < -0.3 is 4.90 Å². The number of hydrogen-bond donors (Lipinski definition) is 0. The third kappa shape index (κ3) is 5.99. The molecule has 0 bridgehead atoms. The molecule has 1 aromatic carbocycles. The topological polar surface area (TPSA) is 80.8 Å². The summed E-state index contributed by atoms with van der Waals surface area (Å²) in [5.74, 6) is 0.0666. The van der Waals surface area contributed by atoms with E-state index in [1.54, 1.807) is 17.9 Å². The molecule has 3 aromatic heterocycles. The number of aryl methyl sites for hydroxylation is 2. The summed E-state index contributed by atoms with van der Waals surface area (Å²) in [6.45, 7) is 0.340. The molecule has 2 fully saturated rings. The van der Waals surface area contributed by atoms with Crippen LogP contribution in [0, 0.1) is 0 Å². The van der Waals surface area contributed by atoms with E-state index in [2.05, 4.69) is 25.4 Å². The molecule has 0 N–H and O–H groups in total. The molecule has 2 aliphatic carbocycles. The molecule has 0 atom stereocenters. The first kappa shape index (κ1) is 27.4. The highest BCUT2D eigenvalue weighted by Gasteiger charge is 2.40. The number of halogens is 6.